The lowest BCUT2D eigenvalue weighted by Gasteiger charge is -2.18. The minimum atomic E-state index is -0.570. The van der Waals surface area contributed by atoms with Gasteiger partial charge in [-0.1, -0.05) is 18.2 Å². The number of aliphatic hydroxyl groups excluding tert-OH is 1. The molecule has 1 aliphatic rings. The van der Waals surface area contributed by atoms with Crippen molar-refractivity contribution >= 4 is 0 Å². The molecule has 2 heterocycles. The van der Waals surface area contributed by atoms with Gasteiger partial charge < -0.3 is 19.3 Å². The molecule has 1 saturated heterocycles. The minimum absolute atomic E-state index is 0.0135. The van der Waals surface area contributed by atoms with Crippen molar-refractivity contribution in [3.8, 4) is 17.1 Å². The third-order valence-corrected chi connectivity index (χ3v) is 4.60. The molecule has 1 aromatic heterocycles. The number of aryl methyl sites for hydroxylation is 2. The largest absolute Gasteiger partial charge is 0.461 e. The summed E-state index contributed by atoms with van der Waals surface area (Å²) in [6, 6.07) is 6.23. The molecule has 0 spiro atoms. The quantitative estimate of drug-likeness (QED) is 0.885. The summed E-state index contributed by atoms with van der Waals surface area (Å²) >= 11 is 0. The summed E-state index contributed by atoms with van der Waals surface area (Å²) in [5.74, 6) is -0.570. The fourth-order valence-electron chi connectivity index (χ4n) is 3.28. The lowest BCUT2D eigenvalue weighted by atomic mass is 9.95. The SMILES string of the molecule is Cc1nc(OC[C@H]2COC(C)(C)O2)nc(C)c1-c1cccc(CO)c1C. The fraction of sp³-hybridized carbons (Fsp3) is 0.500. The number of aromatic nitrogens is 2. The van der Waals surface area contributed by atoms with Crippen molar-refractivity contribution in [1.82, 2.24) is 9.97 Å². The topological polar surface area (TPSA) is 73.7 Å². The first kappa shape index (κ1) is 18.8. The average molecular weight is 358 g/mol. The predicted octanol–water partition coefficient (Wildman–Crippen LogP) is 3.09. The monoisotopic (exact) mass is 358 g/mol. The van der Waals surface area contributed by atoms with E-state index in [1.54, 1.807) is 0 Å². The van der Waals surface area contributed by atoms with E-state index >= 15 is 0 Å². The van der Waals surface area contributed by atoms with Crippen LogP contribution in [0, 0.1) is 20.8 Å². The van der Waals surface area contributed by atoms with Gasteiger partial charge in [0, 0.05) is 5.56 Å². The molecule has 0 amide bonds. The van der Waals surface area contributed by atoms with E-state index < -0.39 is 5.79 Å². The third kappa shape index (κ3) is 3.87. The Bertz CT molecular complexity index is 781. The van der Waals surface area contributed by atoms with E-state index in [4.69, 9.17) is 14.2 Å². The molecule has 3 rings (SSSR count). The van der Waals surface area contributed by atoms with Crippen LogP contribution in [-0.4, -0.2) is 40.2 Å². The zero-order valence-corrected chi connectivity index (χ0v) is 16.0. The molecule has 1 N–H and O–H groups in total. The highest BCUT2D eigenvalue weighted by Crippen LogP contribution is 2.31. The molecule has 6 heteroatoms. The summed E-state index contributed by atoms with van der Waals surface area (Å²) < 4.78 is 17.0. The van der Waals surface area contributed by atoms with Crippen molar-refractivity contribution < 1.29 is 19.3 Å². The molecule has 6 nitrogen and oxygen atoms in total. The van der Waals surface area contributed by atoms with Crippen LogP contribution in [0.2, 0.25) is 0 Å². The first-order valence-electron chi connectivity index (χ1n) is 8.80. The maximum atomic E-state index is 9.51. The van der Waals surface area contributed by atoms with E-state index in [2.05, 4.69) is 9.97 Å². The van der Waals surface area contributed by atoms with Crippen LogP contribution in [0.4, 0.5) is 0 Å². The predicted molar refractivity (Wildman–Crippen MR) is 98.0 cm³/mol. The van der Waals surface area contributed by atoms with Crippen molar-refractivity contribution in [1.29, 1.82) is 0 Å². The summed E-state index contributed by atoms with van der Waals surface area (Å²) in [6.45, 7) is 10.5. The molecule has 0 unspecified atom stereocenters. The van der Waals surface area contributed by atoms with Crippen LogP contribution in [0.25, 0.3) is 11.1 Å². The van der Waals surface area contributed by atoms with Gasteiger partial charge in [-0.3, -0.25) is 0 Å². The highest BCUT2D eigenvalue weighted by molar-refractivity contribution is 5.72. The second kappa shape index (κ2) is 7.31. The van der Waals surface area contributed by atoms with Gasteiger partial charge in [-0.15, -0.1) is 0 Å². The van der Waals surface area contributed by atoms with Gasteiger partial charge >= 0.3 is 6.01 Å². The number of hydrogen-bond donors (Lipinski definition) is 1. The maximum absolute atomic E-state index is 9.51. The highest BCUT2D eigenvalue weighted by Gasteiger charge is 2.33. The molecule has 1 aliphatic heterocycles. The van der Waals surface area contributed by atoms with Gasteiger partial charge in [0.15, 0.2) is 5.79 Å². The normalized spacial score (nSPS) is 18.9. The van der Waals surface area contributed by atoms with Crippen LogP contribution in [0.15, 0.2) is 18.2 Å². The first-order chi connectivity index (χ1) is 12.3. The van der Waals surface area contributed by atoms with Crippen molar-refractivity contribution in [3.05, 3.63) is 40.7 Å². The zero-order chi connectivity index (χ0) is 18.9. The highest BCUT2D eigenvalue weighted by atomic mass is 16.7. The lowest BCUT2D eigenvalue weighted by molar-refractivity contribution is -0.141. The van der Waals surface area contributed by atoms with Gasteiger partial charge in [-0.25, -0.2) is 0 Å². The van der Waals surface area contributed by atoms with Gasteiger partial charge in [0.1, 0.15) is 12.7 Å². The summed E-state index contributed by atoms with van der Waals surface area (Å²) in [6.07, 6.45) is -0.127. The molecule has 26 heavy (non-hydrogen) atoms. The first-order valence-corrected chi connectivity index (χ1v) is 8.80. The number of rotatable bonds is 5. The molecule has 1 atom stereocenters. The van der Waals surface area contributed by atoms with Crippen molar-refractivity contribution in [3.63, 3.8) is 0 Å². The number of hydrogen-bond acceptors (Lipinski definition) is 6. The van der Waals surface area contributed by atoms with Crippen molar-refractivity contribution in [2.24, 2.45) is 0 Å². The Labute approximate surface area is 154 Å². The summed E-state index contributed by atoms with van der Waals surface area (Å²) in [5, 5.41) is 9.51. The molecule has 1 aromatic carbocycles. The van der Waals surface area contributed by atoms with E-state index in [9.17, 15) is 5.11 Å². The fourth-order valence-corrected chi connectivity index (χ4v) is 3.28. The van der Waals surface area contributed by atoms with E-state index in [1.165, 1.54) is 0 Å². The Hall–Kier alpha value is -2.02. The second-order valence-electron chi connectivity index (χ2n) is 7.06. The standard InChI is InChI=1S/C20H26N2O4/c1-12-15(9-23)7-6-8-17(12)18-13(2)21-19(22-14(18)3)24-10-16-11-25-20(4,5)26-16/h6-8,16,23H,9-11H2,1-5H3/t16-/m0/s1. The molecule has 0 aliphatic carbocycles. The Morgan fingerprint density at radius 3 is 2.46 bits per heavy atom. The Morgan fingerprint density at radius 1 is 1.19 bits per heavy atom. The van der Waals surface area contributed by atoms with Gasteiger partial charge in [-0.05, 0) is 51.3 Å². The van der Waals surface area contributed by atoms with E-state index in [0.717, 1.165) is 33.6 Å². The van der Waals surface area contributed by atoms with E-state index in [0.29, 0.717) is 19.2 Å². The molecular formula is C20H26N2O4. The van der Waals surface area contributed by atoms with E-state index in [-0.39, 0.29) is 12.7 Å². The summed E-state index contributed by atoms with van der Waals surface area (Å²) in [5.41, 5.74) is 5.64. The molecule has 0 radical (unpaired) electrons. The van der Waals surface area contributed by atoms with Gasteiger partial charge in [-0.2, -0.15) is 9.97 Å². The molecule has 140 valence electrons. The molecule has 1 fully saturated rings. The molecule has 0 saturated carbocycles. The summed E-state index contributed by atoms with van der Waals surface area (Å²) in [4.78, 5) is 9.02. The van der Waals surface area contributed by atoms with Crippen molar-refractivity contribution in [2.75, 3.05) is 13.2 Å². The van der Waals surface area contributed by atoms with Gasteiger partial charge in [0.25, 0.3) is 0 Å². The van der Waals surface area contributed by atoms with Crippen LogP contribution in [0.5, 0.6) is 6.01 Å². The maximum Gasteiger partial charge on any atom is 0.316 e. The molecule has 0 bridgehead atoms. The number of ether oxygens (including phenoxy) is 3. The average Bonchev–Trinajstić information content (AvgIpc) is 2.93. The van der Waals surface area contributed by atoms with E-state index in [1.807, 2.05) is 52.8 Å². The van der Waals surface area contributed by atoms with Crippen LogP contribution in [0.3, 0.4) is 0 Å². The lowest BCUT2D eigenvalue weighted by Crippen LogP contribution is -2.25. The Morgan fingerprint density at radius 2 is 1.88 bits per heavy atom. The Kier molecular flexibility index (Phi) is 5.27. The van der Waals surface area contributed by atoms with Crippen LogP contribution < -0.4 is 4.74 Å². The molecular weight excluding hydrogens is 332 g/mol. The second-order valence-corrected chi connectivity index (χ2v) is 7.06. The van der Waals surface area contributed by atoms with Crippen LogP contribution >= 0.6 is 0 Å². The van der Waals surface area contributed by atoms with Crippen LogP contribution in [0.1, 0.15) is 36.4 Å². The van der Waals surface area contributed by atoms with Gasteiger partial charge in [0.2, 0.25) is 0 Å². The third-order valence-electron chi connectivity index (χ3n) is 4.60. The van der Waals surface area contributed by atoms with Crippen LogP contribution in [-0.2, 0) is 16.1 Å². The van der Waals surface area contributed by atoms with Crippen molar-refractivity contribution in [2.45, 2.75) is 53.1 Å². The minimum Gasteiger partial charge on any atom is -0.461 e. The Balaban J connectivity index is 1.81. The number of nitrogens with zero attached hydrogens (tertiary/aromatic N) is 2. The number of aliphatic hydroxyl groups is 1. The molecule has 2 aromatic rings. The summed E-state index contributed by atoms with van der Waals surface area (Å²) in [7, 11) is 0. The van der Waals surface area contributed by atoms with Gasteiger partial charge in [0.05, 0.1) is 24.6 Å². The zero-order valence-electron chi connectivity index (χ0n) is 16.0. The smallest absolute Gasteiger partial charge is 0.316 e. The number of benzene rings is 1.